The highest BCUT2D eigenvalue weighted by Gasteiger charge is 2.27. The van der Waals surface area contributed by atoms with Crippen LogP contribution in [0.3, 0.4) is 0 Å². The number of aryl methyl sites for hydroxylation is 1. The number of carbonyl (C=O) groups is 1. The lowest BCUT2D eigenvalue weighted by Gasteiger charge is -2.10. The fourth-order valence-electron chi connectivity index (χ4n) is 5.04. The van der Waals surface area contributed by atoms with Crippen molar-refractivity contribution in [2.45, 2.75) is 51.5 Å². The molecule has 0 atom stereocenters. The van der Waals surface area contributed by atoms with Gasteiger partial charge in [-0.2, -0.15) is 5.10 Å². The normalized spacial score (nSPS) is 15.0. The fraction of sp³-hybridized carbons (Fsp3) is 0.308. The summed E-state index contributed by atoms with van der Waals surface area (Å²) < 4.78 is 18.7. The van der Waals surface area contributed by atoms with Gasteiger partial charge in [-0.05, 0) is 62.4 Å². The number of halogens is 1. The molecule has 1 N–H and O–H groups in total. The van der Waals surface area contributed by atoms with E-state index in [1.165, 1.54) is 6.07 Å². The molecule has 172 valence electrons. The maximum Gasteiger partial charge on any atom is 0.276 e. The Morgan fingerprint density at radius 2 is 1.82 bits per heavy atom. The molecule has 1 amide bonds. The summed E-state index contributed by atoms with van der Waals surface area (Å²) in [5, 5.41) is 16.1. The smallest absolute Gasteiger partial charge is 0.276 e. The fourth-order valence-corrected chi connectivity index (χ4v) is 5.04. The molecule has 0 saturated heterocycles. The summed E-state index contributed by atoms with van der Waals surface area (Å²) in [7, 11) is 0. The van der Waals surface area contributed by atoms with Crippen molar-refractivity contribution in [3.63, 3.8) is 0 Å². The second-order valence-corrected chi connectivity index (χ2v) is 8.93. The minimum Gasteiger partial charge on any atom is -0.318 e. The predicted molar refractivity (Wildman–Crippen MR) is 127 cm³/mol. The summed E-state index contributed by atoms with van der Waals surface area (Å²) in [5.74, 6) is 0.780. The second-order valence-electron chi connectivity index (χ2n) is 8.93. The molecule has 2 aromatic carbocycles. The third-order valence-electron chi connectivity index (χ3n) is 6.73. The molecule has 3 heterocycles. The molecule has 2 aromatic heterocycles. The molecule has 0 spiro atoms. The summed E-state index contributed by atoms with van der Waals surface area (Å²) >= 11 is 0. The van der Waals surface area contributed by atoms with E-state index >= 15 is 0 Å². The summed E-state index contributed by atoms with van der Waals surface area (Å²) in [6.45, 7) is 0.847. The average molecular weight is 457 g/mol. The molecule has 0 saturated carbocycles. The van der Waals surface area contributed by atoms with Crippen molar-refractivity contribution in [2.75, 3.05) is 5.32 Å². The van der Waals surface area contributed by atoms with E-state index in [4.69, 9.17) is 0 Å². The molecule has 2 aliphatic rings. The van der Waals surface area contributed by atoms with Gasteiger partial charge in [-0.15, -0.1) is 10.2 Å². The van der Waals surface area contributed by atoms with Gasteiger partial charge in [0, 0.05) is 29.8 Å². The van der Waals surface area contributed by atoms with Crippen LogP contribution in [0.15, 0.2) is 48.5 Å². The number of amides is 1. The monoisotopic (exact) mass is 456 g/mol. The maximum absolute atomic E-state index is 14.8. The van der Waals surface area contributed by atoms with Gasteiger partial charge < -0.3 is 9.88 Å². The Bertz CT molecular complexity index is 1370. The zero-order valence-corrected chi connectivity index (χ0v) is 18.8. The van der Waals surface area contributed by atoms with Crippen LogP contribution in [0.5, 0.6) is 0 Å². The molecule has 34 heavy (non-hydrogen) atoms. The number of anilines is 1. The second kappa shape index (κ2) is 8.52. The molecular formula is C26H25FN6O. The van der Waals surface area contributed by atoms with Crippen molar-refractivity contribution in [1.29, 1.82) is 0 Å². The third kappa shape index (κ3) is 3.59. The van der Waals surface area contributed by atoms with E-state index in [0.29, 0.717) is 11.5 Å². The standard InChI is InChI=1S/C26H25FN6O/c27-20-14-13-17(25-30-29-23-12-5-2-6-15-32(23)25)16-21(20)28-26(34)24-19-10-7-11-22(19)33(31-24)18-8-3-1-4-9-18/h1,3-4,8-9,13-14,16H,2,5-7,10-12,15H2,(H,28,34). The van der Waals surface area contributed by atoms with Crippen molar-refractivity contribution in [3.8, 4) is 17.1 Å². The van der Waals surface area contributed by atoms with Crippen LogP contribution in [-0.4, -0.2) is 30.5 Å². The zero-order chi connectivity index (χ0) is 23.1. The number of rotatable bonds is 4. The number of para-hydroxylation sites is 1. The Hall–Kier alpha value is -3.81. The molecule has 8 heteroatoms. The van der Waals surface area contributed by atoms with Gasteiger partial charge in [0.15, 0.2) is 11.5 Å². The van der Waals surface area contributed by atoms with E-state index in [1.54, 1.807) is 12.1 Å². The number of nitrogens with zero attached hydrogens (tertiary/aromatic N) is 5. The molecule has 4 aromatic rings. The Kier molecular flexibility index (Phi) is 5.20. The average Bonchev–Trinajstić information content (AvgIpc) is 3.53. The Morgan fingerprint density at radius 3 is 2.71 bits per heavy atom. The van der Waals surface area contributed by atoms with E-state index in [1.807, 2.05) is 35.0 Å². The molecule has 1 aliphatic heterocycles. The molecule has 6 rings (SSSR count). The van der Waals surface area contributed by atoms with Crippen LogP contribution in [0, 0.1) is 5.82 Å². The lowest BCUT2D eigenvalue weighted by atomic mass is 10.1. The van der Waals surface area contributed by atoms with Crippen molar-refractivity contribution < 1.29 is 9.18 Å². The highest BCUT2D eigenvalue weighted by atomic mass is 19.1. The first-order chi connectivity index (χ1) is 16.7. The maximum atomic E-state index is 14.8. The third-order valence-corrected chi connectivity index (χ3v) is 6.73. The van der Waals surface area contributed by atoms with Crippen molar-refractivity contribution in [3.05, 3.63) is 77.1 Å². The Morgan fingerprint density at radius 1 is 0.941 bits per heavy atom. The molecule has 1 aliphatic carbocycles. The minimum absolute atomic E-state index is 0.120. The topological polar surface area (TPSA) is 77.6 Å². The first-order valence-electron chi connectivity index (χ1n) is 11.9. The highest BCUT2D eigenvalue weighted by Crippen LogP contribution is 2.30. The van der Waals surface area contributed by atoms with Gasteiger partial charge in [-0.3, -0.25) is 4.79 Å². The van der Waals surface area contributed by atoms with E-state index in [0.717, 1.165) is 79.8 Å². The van der Waals surface area contributed by atoms with Gasteiger partial charge in [0.05, 0.1) is 11.4 Å². The Balaban J connectivity index is 1.32. The van der Waals surface area contributed by atoms with Crippen LogP contribution >= 0.6 is 0 Å². The zero-order valence-electron chi connectivity index (χ0n) is 18.8. The number of aromatic nitrogens is 5. The molecule has 0 unspecified atom stereocenters. The van der Waals surface area contributed by atoms with Gasteiger partial charge in [0.2, 0.25) is 0 Å². The number of carbonyl (C=O) groups excluding carboxylic acids is 1. The van der Waals surface area contributed by atoms with Gasteiger partial charge in [-0.1, -0.05) is 24.6 Å². The lowest BCUT2D eigenvalue weighted by Crippen LogP contribution is -2.16. The first-order valence-corrected chi connectivity index (χ1v) is 11.9. The van der Waals surface area contributed by atoms with E-state index in [9.17, 15) is 9.18 Å². The van der Waals surface area contributed by atoms with Crippen molar-refractivity contribution in [1.82, 2.24) is 24.5 Å². The Labute approximate surface area is 196 Å². The number of hydrogen-bond acceptors (Lipinski definition) is 4. The summed E-state index contributed by atoms with van der Waals surface area (Å²) in [4.78, 5) is 13.3. The number of hydrogen-bond donors (Lipinski definition) is 1. The molecule has 0 bridgehead atoms. The quantitative estimate of drug-likeness (QED) is 0.481. The van der Waals surface area contributed by atoms with Crippen LogP contribution in [0.1, 0.15) is 53.3 Å². The first kappa shape index (κ1) is 20.8. The minimum atomic E-state index is -0.494. The van der Waals surface area contributed by atoms with Crippen molar-refractivity contribution >= 4 is 11.6 Å². The van der Waals surface area contributed by atoms with Crippen LogP contribution < -0.4 is 5.32 Å². The SMILES string of the molecule is O=C(Nc1cc(-c2nnc3n2CCCCC3)ccc1F)c1nn(-c2ccccc2)c2c1CCC2. The van der Waals surface area contributed by atoms with E-state index in [2.05, 4.69) is 25.2 Å². The van der Waals surface area contributed by atoms with Gasteiger partial charge in [-0.25, -0.2) is 9.07 Å². The van der Waals surface area contributed by atoms with Gasteiger partial charge in [0.1, 0.15) is 11.6 Å². The van der Waals surface area contributed by atoms with Crippen LogP contribution in [-0.2, 0) is 25.8 Å². The summed E-state index contributed by atoms with van der Waals surface area (Å²) in [6, 6.07) is 14.5. The van der Waals surface area contributed by atoms with Gasteiger partial charge in [0.25, 0.3) is 5.91 Å². The predicted octanol–water partition coefficient (Wildman–Crippen LogP) is 4.74. The highest BCUT2D eigenvalue weighted by molar-refractivity contribution is 6.04. The molecular weight excluding hydrogens is 431 g/mol. The van der Waals surface area contributed by atoms with Gasteiger partial charge >= 0.3 is 0 Å². The van der Waals surface area contributed by atoms with Crippen LogP contribution in [0.4, 0.5) is 10.1 Å². The lowest BCUT2D eigenvalue weighted by molar-refractivity contribution is 0.102. The number of benzene rings is 2. The molecule has 7 nitrogen and oxygen atoms in total. The number of nitrogens with one attached hydrogen (secondary N) is 1. The summed E-state index contributed by atoms with van der Waals surface area (Å²) in [5.41, 5.74) is 4.13. The van der Waals surface area contributed by atoms with Crippen LogP contribution in [0.25, 0.3) is 17.1 Å². The van der Waals surface area contributed by atoms with Crippen LogP contribution in [0.2, 0.25) is 0 Å². The molecule has 0 fully saturated rings. The van der Waals surface area contributed by atoms with E-state index in [-0.39, 0.29) is 5.69 Å². The van der Waals surface area contributed by atoms with E-state index < -0.39 is 11.7 Å². The molecule has 0 radical (unpaired) electrons. The summed E-state index contributed by atoms with van der Waals surface area (Å²) in [6.07, 6.45) is 6.86. The largest absolute Gasteiger partial charge is 0.318 e. The number of fused-ring (bicyclic) bond motifs is 2. The van der Waals surface area contributed by atoms with Crippen molar-refractivity contribution in [2.24, 2.45) is 0 Å².